The minimum atomic E-state index is -3.92. The van der Waals surface area contributed by atoms with Crippen LogP contribution in [0.25, 0.3) is 66.5 Å². The van der Waals surface area contributed by atoms with Gasteiger partial charge in [-0.3, -0.25) is 19.1 Å². The van der Waals surface area contributed by atoms with Gasteiger partial charge in [-0.2, -0.15) is 0 Å². The minimum Gasteiger partial charge on any atom is -0.545 e. The van der Waals surface area contributed by atoms with Crippen LogP contribution >= 0.6 is 0 Å². The smallest absolute Gasteiger partial charge is 0.251 e. The fraction of sp³-hybridized carbons (Fsp3) is 0.220. The predicted molar refractivity (Wildman–Crippen MR) is 294 cm³/mol. The van der Waals surface area contributed by atoms with Gasteiger partial charge >= 0.3 is 0 Å². The summed E-state index contributed by atoms with van der Waals surface area (Å²) in [6, 6.07) is 31.3. The van der Waals surface area contributed by atoms with Crippen LogP contribution in [0, 0.1) is 11.6 Å². The fourth-order valence-corrected chi connectivity index (χ4v) is 10.5. The molecule has 1 aliphatic carbocycles. The molecule has 3 heterocycles. The normalized spacial score (nSPS) is 11.6. The van der Waals surface area contributed by atoms with Crippen LogP contribution in [-0.2, 0) is 10.0 Å². The maximum absolute atomic E-state index is 15.5. The SMILES string of the molecule is CCCS(=O)(=O)Nc1ccc(F)c(C(=O)c2ccc3[nH]c4ncc(-c5ccc(C(=O)NCCCCCCNC(=O)c6ccc(-c7c8ccc(=[N+](C)C)cc-8oc8cc(N(C)C)ccc78)c(C(=O)[O-])c6)cc5)cc4c3c2)c1F. The number of hydrogen-bond donors (Lipinski definition) is 4. The highest BCUT2D eigenvalue weighted by molar-refractivity contribution is 7.92. The van der Waals surface area contributed by atoms with Gasteiger partial charge in [-0.05, 0) is 109 Å². The maximum atomic E-state index is 15.5. The molecule has 15 nitrogen and oxygen atoms in total. The second kappa shape index (κ2) is 22.2. The van der Waals surface area contributed by atoms with E-state index in [0.29, 0.717) is 92.4 Å². The molecular weight excluding hydrogens is 1000 g/mol. The number of rotatable bonds is 19. The number of aromatic carboxylic acids is 1. The van der Waals surface area contributed by atoms with Gasteiger partial charge in [-0.15, -0.1) is 0 Å². The van der Waals surface area contributed by atoms with Crippen molar-refractivity contribution in [3.8, 4) is 33.6 Å². The number of fused-ring (bicyclic) bond motifs is 5. The monoisotopic (exact) mass is 1060 g/mol. The average Bonchev–Trinajstić information content (AvgIpc) is 3.79. The van der Waals surface area contributed by atoms with Crippen LogP contribution in [0.4, 0.5) is 20.2 Å². The zero-order valence-electron chi connectivity index (χ0n) is 43.0. The van der Waals surface area contributed by atoms with Gasteiger partial charge in [0.15, 0.2) is 11.6 Å². The Labute approximate surface area is 442 Å². The molecule has 1 aliphatic heterocycles. The van der Waals surface area contributed by atoms with Gasteiger partial charge in [-0.25, -0.2) is 26.8 Å². The zero-order valence-corrected chi connectivity index (χ0v) is 43.8. The van der Waals surface area contributed by atoms with E-state index in [-0.39, 0.29) is 34.8 Å². The quantitative estimate of drug-likeness (QED) is 0.0262. The molecule has 4 N–H and O–H groups in total. The summed E-state index contributed by atoms with van der Waals surface area (Å²) < 4.78 is 65.7. The zero-order chi connectivity index (χ0) is 54.7. The summed E-state index contributed by atoms with van der Waals surface area (Å²) in [5, 5.41) is 21.4. The Hall–Kier alpha value is -8.77. The Kier molecular flexibility index (Phi) is 15.3. The third-order valence-corrected chi connectivity index (χ3v) is 14.9. The second-order valence-corrected chi connectivity index (χ2v) is 21.1. The summed E-state index contributed by atoms with van der Waals surface area (Å²) >= 11 is 0. The van der Waals surface area contributed by atoms with Crippen LogP contribution in [0.2, 0.25) is 0 Å². The van der Waals surface area contributed by atoms with Gasteiger partial charge in [0, 0.05) is 112 Å². The van der Waals surface area contributed by atoms with Crippen molar-refractivity contribution in [3.05, 3.63) is 166 Å². The first-order chi connectivity index (χ1) is 36.9. The average molecular weight is 1060 g/mol. The van der Waals surface area contributed by atoms with E-state index in [4.69, 9.17) is 4.42 Å². The molecule has 18 heteroatoms. The summed E-state index contributed by atoms with van der Waals surface area (Å²) in [6.45, 7) is 2.45. The number of halogens is 2. The fourth-order valence-electron chi connectivity index (χ4n) is 9.36. The van der Waals surface area contributed by atoms with Gasteiger partial charge in [0.1, 0.15) is 36.9 Å². The molecule has 0 fully saturated rings. The van der Waals surface area contributed by atoms with E-state index in [1.165, 1.54) is 18.2 Å². The number of pyridine rings is 1. The number of ketones is 1. The Morgan fingerprint density at radius 3 is 2.10 bits per heavy atom. The molecule has 2 amide bonds. The van der Waals surface area contributed by atoms with Crippen LogP contribution in [0.15, 0.2) is 126 Å². The summed E-state index contributed by atoms with van der Waals surface area (Å²) in [5.41, 5.74) is 4.96. The molecule has 0 radical (unpaired) electrons. The number of nitrogens with zero attached hydrogens (tertiary/aromatic N) is 3. The van der Waals surface area contributed by atoms with Crippen molar-refractivity contribution in [1.82, 2.24) is 25.2 Å². The number of benzene rings is 6. The molecule has 2 aliphatic rings. The Morgan fingerprint density at radius 1 is 0.727 bits per heavy atom. The number of amides is 2. The van der Waals surface area contributed by atoms with Crippen LogP contribution in [0.5, 0.6) is 0 Å². The van der Waals surface area contributed by atoms with E-state index in [0.717, 1.165) is 41.6 Å². The van der Waals surface area contributed by atoms with Gasteiger partial charge < -0.3 is 34.8 Å². The number of hydrogen-bond acceptors (Lipinski definition) is 10. The summed E-state index contributed by atoms with van der Waals surface area (Å²) in [5.74, 6) is -5.18. The Bertz CT molecular complexity index is 3960. The lowest BCUT2D eigenvalue weighted by Gasteiger charge is -2.20. The Morgan fingerprint density at radius 2 is 1.42 bits per heavy atom. The van der Waals surface area contributed by atoms with Crippen molar-refractivity contribution in [2.75, 3.05) is 56.7 Å². The van der Waals surface area contributed by atoms with E-state index < -0.39 is 50.6 Å². The number of carboxylic acids is 1. The Balaban J connectivity index is 0.781. The molecule has 394 valence electrons. The van der Waals surface area contributed by atoms with E-state index >= 15 is 8.78 Å². The van der Waals surface area contributed by atoms with Crippen LogP contribution in [0.1, 0.15) is 86.0 Å². The number of sulfonamides is 1. The predicted octanol–water partition coefficient (Wildman–Crippen LogP) is 8.74. The van der Waals surface area contributed by atoms with E-state index in [9.17, 15) is 32.7 Å². The van der Waals surface area contributed by atoms with Crippen molar-refractivity contribution in [3.63, 3.8) is 0 Å². The molecule has 0 unspecified atom stereocenters. The highest BCUT2D eigenvalue weighted by atomic mass is 32.2. The number of carbonyl (C=O) groups is 4. The lowest BCUT2D eigenvalue weighted by Crippen LogP contribution is -2.27. The topological polar surface area (TPSA) is 210 Å². The summed E-state index contributed by atoms with van der Waals surface area (Å²) in [7, 11) is 3.79. The number of carboxylic acid groups (broad SMARTS) is 1. The molecule has 0 saturated carbocycles. The highest BCUT2D eigenvalue weighted by Gasteiger charge is 2.26. The van der Waals surface area contributed by atoms with Crippen molar-refractivity contribution < 1.29 is 45.9 Å². The van der Waals surface area contributed by atoms with Crippen LogP contribution in [-0.4, -0.2) is 89.0 Å². The third-order valence-electron chi connectivity index (χ3n) is 13.4. The van der Waals surface area contributed by atoms with Crippen molar-refractivity contribution in [1.29, 1.82) is 0 Å². The molecule has 0 saturated heterocycles. The first-order valence-corrected chi connectivity index (χ1v) is 26.7. The van der Waals surface area contributed by atoms with Gasteiger partial charge in [0.2, 0.25) is 15.4 Å². The maximum Gasteiger partial charge on any atom is 0.251 e. The second-order valence-electron chi connectivity index (χ2n) is 19.2. The van der Waals surface area contributed by atoms with Crippen molar-refractivity contribution in [2.24, 2.45) is 0 Å². The number of unbranched alkanes of at least 4 members (excludes halogenated alkanes) is 3. The summed E-state index contributed by atoms with van der Waals surface area (Å²) in [6.07, 6.45) is 4.88. The number of carbonyl (C=O) groups excluding carboxylic acids is 4. The molecule has 0 bridgehead atoms. The van der Waals surface area contributed by atoms with E-state index in [2.05, 4.69) is 25.3 Å². The number of nitrogens with one attached hydrogen (secondary N) is 4. The first-order valence-electron chi connectivity index (χ1n) is 25.1. The molecule has 0 atom stereocenters. The van der Waals surface area contributed by atoms with Crippen molar-refractivity contribution >= 4 is 77.9 Å². The first kappa shape index (κ1) is 53.1. The number of aromatic amines is 1. The molecule has 9 rings (SSSR count). The highest BCUT2D eigenvalue weighted by Crippen LogP contribution is 2.42. The molecule has 5 aromatic carbocycles. The van der Waals surface area contributed by atoms with Crippen LogP contribution < -0.4 is 35.3 Å². The minimum absolute atomic E-state index is 0.0203. The lowest BCUT2D eigenvalue weighted by molar-refractivity contribution is -0.254. The van der Waals surface area contributed by atoms with Crippen molar-refractivity contribution in [2.45, 2.75) is 39.0 Å². The molecule has 0 spiro atoms. The number of aromatic nitrogens is 2. The molecule has 2 aromatic heterocycles. The lowest BCUT2D eigenvalue weighted by atomic mass is 9.89. The molecular formula is C59H55F2N7O8S. The number of anilines is 2. The largest absolute Gasteiger partial charge is 0.545 e. The van der Waals surface area contributed by atoms with Crippen LogP contribution in [0.3, 0.4) is 0 Å². The summed E-state index contributed by atoms with van der Waals surface area (Å²) in [4.78, 5) is 62.5. The van der Waals surface area contributed by atoms with Gasteiger partial charge in [-0.1, -0.05) is 38.0 Å². The van der Waals surface area contributed by atoms with Gasteiger partial charge in [0.05, 0.1) is 29.0 Å². The van der Waals surface area contributed by atoms with E-state index in [1.807, 2.05) is 80.1 Å². The third kappa shape index (κ3) is 11.3. The molecule has 77 heavy (non-hydrogen) atoms. The molecule has 7 aromatic rings. The standard InChI is InChI=1S/C59H55F2N7O8S/c1-6-27-77(74,75)66-49-24-22-47(60)53(54(49)61)55(69)36-16-23-48-44(28-36)45-30-38(33-64-56(45)65-48)34-11-13-35(14-12-34)57(70)62-25-9-7-8-10-26-63-58(71)37-15-19-41(46(29-37)59(72)73)52-42-20-17-39(67(2)3)31-50(42)76-51-32-40(68(4)5)18-21-43(51)52/h11-24,28-33,66H,6-10,25-27H2,1-5H3,(H3-,62,63,64,65,69,70,71,72,73). The number of H-pyrrole nitrogens is 1. The van der Waals surface area contributed by atoms with Gasteiger partial charge in [0.25, 0.3) is 11.8 Å². The van der Waals surface area contributed by atoms with E-state index in [1.54, 1.807) is 55.6 Å².